The maximum absolute atomic E-state index is 12.5. The summed E-state index contributed by atoms with van der Waals surface area (Å²) in [5.74, 6) is -0.126. The molecule has 2 aromatic carbocycles. The van der Waals surface area contributed by atoms with Crippen LogP contribution in [-0.4, -0.2) is 24.2 Å². The lowest BCUT2D eigenvalue weighted by Gasteiger charge is -2.32. The molecule has 0 bridgehead atoms. The lowest BCUT2D eigenvalue weighted by Crippen LogP contribution is -2.41. The first-order chi connectivity index (χ1) is 12.1. The summed E-state index contributed by atoms with van der Waals surface area (Å²) in [5, 5.41) is 2.98. The van der Waals surface area contributed by atoms with E-state index in [9.17, 15) is 4.79 Å². The Hall–Kier alpha value is -2.11. The molecule has 136 valence electrons. The number of carbonyl (C=O) groups is 1. The van der Waals surface area contributed by atoms with Crippen LogP contribution in [0.4, 0.5) is 5.69 Å². The highest BCUT2D eigenvalue weighted by Gasteiger charge is 2.51. The van der Waals surface area contributed by atoms with Gasteiger partial charge in [0.05, 0.1) is 11.2 Å². The second-order valence-electron chi connectivity index (χ2n) is 7.91. The Morgan fingerprint density at radius 1 is 0.923 bits per heavy atom. The van der Waals surface area contributed by atoms with Gasteiger partial charge < -0.3 is 14.6 Å². The Balaban J connectivity index is 1.74. The van der Waals surface area contributed by atoms with Crippen LogP contribution in [0.15, 0.2) is 42.5 Å². The minimum absolute atomic E-state index is 0.126. The van der Waals surface area contributed by atoms with E-state index in [-0.39, 0.29) is 17.1 Å². The highest BCUT2D eigenvalue weighted by Crippen LogP contribution is 2.36. The van der Waals surface area contributed by atoms with Gasteiger partial charge in [-0.1, -0.05) is 24.3 Å². The van der Waals surface area contributed by atoms with Gasteiger partial charge in [-0.2, -0.15) is 0 Å². The van der Waals surface area contributed by atoms with E-state index < -0.39 is 7.12 Å². The van der Waals surface area contributed by atoms with Gasteiger partial charge >= 0.3 is 7.12 Å². The third kappa shape index (κ3) is 3.42. The van der Waals surface area contributed by atoms with Crippen LogP contribution in [0, 0.1) is 13.8 Å². The second-order valence-corrected chi connectivity index (χ2v) is 7.91. The molecule has 5 heteroatoms. The first kappa shape index (κ1) is 18.7. The van der Waals surface area contributed by atoms with Crippen molar-refractivity contribution in [2.24, 2.45) is 0 Å². The lowest BCUT2D eigenvalue weighted by atomic mass is 9.79. The van der Waals surface area contributed by atoms with Crippen LogP contribution in [0.5, 0.6) is 0 Å². The van der Waals surface area contributed by atoms with E-state index in [1.807, 2.05) is 71.9 Å². The number of hydrogen-bond acceptors (Lipinski definition) is 3. The number of benzene rings is 2. The normalized spacial score (nSPS) is 18.0. The van der Waals surface area contributed by atoms with Crippen molar-refractivity contribution < 1.29 is 14.1 Å². The maximum Gasteiger partial charge on any atom is 0.494 e. The zero-order chi connectivity index (χ0) is 19.1. The highest BCUT2D eigenvalue weighted by molar-refractivity contribution is 6.62. The predicted octanol–water partition coefficient (Wildman–Crippen LogP) is 3.85. The van der Waals surface area contributed by atoms with Crippen LogP contribution in [0.3, 0.4) is 0 Å². The van der Waals surface area contributed by atoms with Crippen LogP contribution in [0.2, 0.25) is 0 Å². The zero-order valence-corrected chi connectivity index (χ0v) is 16.3. The molecule has 3 rings (SSSR count). The second kappa shape index (κ2) is 6.56. The number of carbonyl (C=O) groups excluding carboxylic acids is 1. The fourth-order valence-corrected chi connectivity index (χ4v) is 2.85. The van der Waals surface area contributed by atoms with Gasteiger partial charge in [0.1, 0.15) is 0 Å². The average Bonchev–Trinajstić information content (AvgIpc) is 2.80. The van der Waals surface area contributed by atoms with Gasteiger partial charge in [-0.3, -0.25) is 4.79 Å². The summed E-state index contributed by atoms with van der Waals surface area (Å²) in [7, 11) is -0.420. The van der Waals surface area contributed by atoms with Crippen molar-refractivity contribution >= 4 is 24.2 Å². The molecular weight excluding hydrogens is 325 g/mol. The first-order valence-electron chi connectivity index (χ1n) is 8.94. The van der Waals surface area contributed by atoms with E-state index in [1.54, 1.807) is 12.1 Å². The first-order valence-corrected chi connectivity index (χ1v) is 8.94. The fourth-order valence-electron chi connectivity index (χ4n) is 2.85. The van der Waals surface area contributed by atoms with Gasteiger partial charge in [0.2, 0.25) is 0 Å². The average molecular weight is 351 g/mol. The van der Waals surface area contributed by atoms with Gasteiger partial charge in [-0.05, 0) is 76.3 Å². The molecule has 0 spiro atoms. The van der Waals surface area contributed by atoms with Crippen molar-refractivity contribution in [2.75, 3.05) is 5.32 Å². The summed E-state index contributed by atoms with van der Waals surface area (Å²) in [6, 6.07) is 13.3. The molecule has 1 fully saturated rings. The molecule has 1 saturated heterocycles. The molecule has 0 atom stereocenters. The predicted molar refractivity (Wildman–Crippen MR) is 106 cm³/mol. The monoisotopic (exact) mass is 351 g/mol. The van der Waals surface area contributed by atoms with E-state index in [0.717, 1.165) is 22.3 Å². The van der Waals surface area contributed by atoms with Crippen molar-refractivity contribution in [2.45, 2.75) is 52.7 Å². The molecule has 2 aromatic rings. The van der Waals surface area contributed by atoms with Crippen LogP contribution in [0.1, 0.15) is 49.2 Å². The number of rotatable bonds is 3. The summed E-state index contributed by atoms with van der Waals surface area (Å²) in [4.78, 5) is 12.5. The molecule has 0 unspecified atom stereocenters. The van der Waals surface area contributed by atoms with Gasteiger partial charge in [0, 0.05) is 11.3 Å². The van der Waals surface area contributed by atoms with Crippen LogP contribution < -0.4 is 10.8 Å². The molecule has 1 heterocycles. The van der Waals surface area contributed by atoms with Crippen molar-refractivity contribution in [1.82, 2.24) is 0 Å². The Labute approximate surface area is 156 Å². The molecule has 0 radical (unpaired) electrons. The minimum atomic E-state index is -0.420. The Morgan fingerprint density at radius 2 is 1.50 bits per heavy atom. The minimum Gasteiger partial charge on any atom is -0.399 e. The van der Waals surface area contributed by atoms with Crippen molar-refractivity contribution in [1.29, 1.82) is 0 Å². The summed E-state index contributed by atoms with van der Waals surface area (Å²) < 4.78 is 12.1. The Morgan fingerprint density at radius 3 is 2.08 bits per heavy atom. The zero-order valence-electron chi connectivity index (χ0n) is 16.3. The van der Waals surface area contributed by atoms with Crippen molar-refractivity contribution in [3.8, 4) is 0 Å². The van der Waals surface area contributed by atoms with Crippen LogP contribution in [-0.2, 0) is 9.31 Å². The summed E-state index contributed by atoms with van der Waals surface area (Å²) >= 11 is 0. The molecule has 4 nitrogen and oxygen atoms in total. The SMILES string of the molecule is Cc1cccc(NC(=O)c2ccc(B3OC(C)(C)C(C)(C)O3)cc2)c1C. The standard InChI is InChI=1S/C21H26BNO3/c1-14-8-7-9-18(15(14)2)23-19(24)16-10-12-17(13-11-16)22-25-20(3,4)21(5,6)26-22/h7-13H,1-6H3,(H,23,24). The molecule has 1 aliphatic rings. The number of amides is 1. The maximum atomic E-state index is 12.5. The third-order valence-electron chi connectivity index (χ3n) is 5.55. The van der Waals surface area contributed by atoms with Crippen LogP contribution in [0.25, 0.3) is 0 Å². The molecule has 1 amide bonds. The van der Waals surface area contributed by atoms with E-state index in [2.05, 4.69) is 5.32 Å². The third-order valence-corrected chi connectivity index (χ3v) is 5.55. The summed E-state index contributed by atoms with van der Waals surface area (Å²) in [6.45, 7) is 12.1. The summed E-state index contributed by atoms with van der Waals surface area (Å²) in [5.41, 5.74) is 3.82. The molecule has 1 N–H and O–H groups in total. The van der Waals surface area contributed by atoms with Gasteiger partial charge in [-0.15, -0.1) is 0 Å². The Kier molecular flexibility index (Phi) is 4.71. The highest BCUT2D eigenvalue weighted by atomic mass is 16.7. The molecule has 0 aromatic heterocycles. The van der Waals surface area contributed by atoms with Gasteiger partial charge in [0.15, 0.2) is 0 Å². The fraction of sp³-hybridized carbons (Fsp3) is 0.381. The molecule has 26 heavy (non-hydrogen) atoms. The number of hydrogen-bond donors (Lipinski definition) is 1. The summed E-state index contributed by atoms with van der Waals surface area (Å²) in [6.07, 6.45) is 0. The quantitative estimate of drug-likeness (QED) is 0.855. The molecule has 0 saturated carbocycles. The number of aryl methyl sites for hydroxylation is 1. The van der Waals surface area contributed by atoms with E-state index >= 15 is 0 Å². The largest absolute Gasteiger partial charge is 0.494 e. The number of nitrogens with one attached hydrogen (secondary N) is 1. The lowest BCUT2D eigenvalue weighted by molar-refractivity contribution is 0.00578. The van der Waals surface area contributed by atoms with Crippen LogP contribution >= 0.6 is 0 Å². The topological polar surface area (TPSA) is 47.6 Å². The molecule has 0 aliphatic carbocycles. The van der Waals surface area contributed by atoms with E-state index in [1.165, 1.54) is 0 Å². The molecule has 1 aliphatic heterocycles. The van der Waals surface area contributed by atoms with E-state index in [4.69, 9.17) is 9.31 Å². The van der Waals surface area contributed by atoms with E-state index in [0.29, 0.717) is 5.56 Å². The smallest absolute Gasteiger partial charge is 0.399 e. The number of anilines is 1. The molecular formula is C21H26BNO3. The Bertz CT molecular complexity index is 812. The van der Waals surface area contributed by atoms with Crippen molar-refractivity contribution in [3.05, 3.63) is 59.2 Å². The van der Waals surface area contributed by atoms with Crippen molar-refractivity contribution in [3.63, 3.8) is 0 Å². The van der Waals surface area contributed by atoms with Gasteiger partial charge in [-0.25, -0.2) is 0 Å². The van der Waals surface area contributed by atoms with Gasteiger partial charge in [0.25, 0.3) is 5.91 Å².